The minimum absolute atomic E-state index is 0.266. The highest BCUT2D eigenvalue weighted by Crippen LogP contribution is 2.35. The number of halogens is 1. The van der Waals surface area contributed by atoms with Crippen LogP contribution in [-0.4, -0.2) is 10.4 Å². The Balaban J connectivity index is 1.74. The Morgan fingerprint density at radius 3 is 2.68 bits per heavy atom. The Kier molecular flexibility index (Phi) is 6.16. The molecular formula is C17H26ClN. The van der Waals surface area contributed by atoms with Gasteiger partial charge in [-0.2, -0.15) is 0 Å². The first-order valence-electron chi connectivity index (χ1n) is 7.83. The quantitative estimate of drug-likeness (QED) is 0.650. The lowest BCUT2D eigenvalue weighted by molar-refractivity contribution is 0.252. The summed E-state index contributed by atoms with van der Waals surface area (Å²) in [6.45, 7) is 2.29. The summed E-state index contributed by atoms with van der Waals surface area (Å²) in [5, 5.41) is 0.266. The number of unbranched alkanes of at least 4 members (excludes halogenated alkanes) is 1. The SMILES string of the molecule is CCCCC1CCC(C(Cl)Cc2ccccn2)CC1. The molecule has 2 heteroatoms. The van der Waals surface area contributed by atoms with Gasteiger partial charge in [-0.05, 0) is 36.8 Å². The van der Waals surface area contributed by atoms with Crippen molar-refractivity contribution >= 4 is 11.6 Å². The number of rotatable bonds is 6. The predicted molar refractivity (Wildman–Crippen MR) is 82.6 cm³/mol. The topological polar surface area (TPSA) is 12.9 Å². The third-order valence-corrected chi connectivity index (χ3v) is 5.01. The van der Waals surface area contributed by atoms with E-state index in [4.69, 9.17) is 11.6 Å². The molecule has 0 N–H and O–H groups in total. The second-order valence-electron chi connectivity index (χ2n) is 5.96. The van der Waals surface area contributed by atoms with Gasteiger partial charge < -0.3 is 0 Å². The van der Waals surface area contributed by atoms with E-state index in [-0.39, 0.29) is 5.38 Å². The van der Waals surface area contributed by atoms with Gasteiger partial charge in [-0.1, -0.05) is 45.1 Å². The molecule has 1 aromatic heterocycles. The molecule has 1 unspecified atom stereocenters. The molecule has 0 amide bonds. The van der Waals surface area contributed by atoms with Crippen LogP contribution in [0.3, 0.4) is 0 Å². The second kappa shape index (κ2) is 7.89. The maximum Gasteiger partial charge on any atom is 0.0419 e. The third kappa shape index (κ3) is 4.80. The Labute approximate surface area is 122 Å². The zero-order valence-electron chi connectivity index (χ0n) is 12.0. The number of alkyl halides is 1. The van der Waals surface area contributed by atoms with E-state index in [1.807, 2.05) is 18.3 Å². The van der Waals surface area contributed by atoms with Crippen LogP contribution in [0.15, 0.2) is 24.4 Å². The first-order chi connectivity index (χ1) is 9.29. The van der Waals surface area contributed by atoms with E-state index in [1.165, 1.54) is 44.9 Å². The van der Waals surface area contributed by atoms with E-state index in [2.05, 4.69) is 18.0 Å². The summed E-state index contributed by atoms with van der Waals surface area (Å²) in [6, 6.07) is 6.10. The van der Waals surface area contributed by atoms with Crippen LogP contribution >= 0.6 is 11.6 Å². The van der Waals surface area contributed by atoms with Crippen molar-refractivity contribution in [1.82, 2.24) is 4.98 Å². The summed E-state index contributed by atoms with van der Waals surface area (Å²) in [6.07, 6.45) is 12.3. The summed E-state index contributed by atoms with van der Waals surface area (Å²) in [4.78, 5) is 4.38. The average molecular weight is 280 g/mol. The van der Waals surface area contributed by atoms with Gasteiger partial charge in [0.05, 0.1) is 0 Å². The second-order valence-corrected chi connectivity index (χ2v) is 6.52. The fourth-order valence-corrected chi connectivity index (χ4v) is 3.63. The van der Waals surface area contributed by atoms with Crippen molar-refractivity contribution in [2.75, 3.05) is 0 Å². The maximum absolute atomic E-state index is 6.61. The highest BCUT2D eigenvalue weighted by atomic mass is 35.5. The van der Waals surface area contributed by atoms with E-state index >= 15 is 0 Å². The van der Waals surface area contributed by atoms with E-state index < -0.39 is 0 Å². The van der Waals surface area contributed by atoms with E-state index in [9.17, 15) is 0 Å². The molecule has 0 radical (unpaired) electrons. The van der Waals surface area contributed by atoms with Gasteiger partial charge in [-0.3, -0.25) is 4.98 Å². The zero-order chi connectivity index (χ0) is 13.5. The van der Waals surface area contributed by atoms with E-state index in [0.717, 1.165) is 18.0 Å². The lowest BCUT2D eigenvalue weighted by Crippen LogP contribution is -2.24. The molecule has 1 saturated carbocycles. The van der Waals surface area contributed by atoms with Gasteiger partial charge in [0.1, 0.15) is 0 Å². The van der Waals surface area contributed by atoms with Crippen LogP contribution in [-0.2, 0) is 6.42 Å². The monoisotopic (exact) mass is 279 g/mol. The van der Waals surface area contributed by atoms with Crippen molar-refractivity contribution in [2.24, 2.45) is 11.8 Å². The molecule has 1 aliphatic carbocycles. The molecule has 0 spiro atoms. The molecule has 2 rings (SSSR count). The molecule has 0 aromatic carbocycles. The molecule has 0 aliphatic heterocycles. The van der Waals surface area contributed by atoms with Gasteiger partial charge in [-0.25, -0.2) is 0 Å². The first-order valence-corrected chi connectivity index (χ1v) is 8.27. The number of hydrogen-bond acceptors (Lipinski definition) is 1. The van der Waals surface area contributed by atoms with Crippen LogP contribution in [0.5, 0.6) is 0 Å². The summed E-state index contributed by atoms with van der Waals surface area (Å²) in [5.74, 6) is 1.66. The minimum atomic E-state index is 0.266. The number of aromatic nitrogens is 1. The van der Waals surface area contributed by atoms with Crippen LogP contribution in [0, 0.1) is 11.8 Å². The summed E-state index contributed by atoms with van der Waals surface area (Å²) >= 11 is 6.61. The van der Waals surface area contributed by atoms with Gasteiger partial charge in [0.25, 0.3) is 0 Å². The van der Waals surface area contributed by atoms with E-state index in [0.29, 0.717) is 5.92 Å². The molecule has 1 heterocycles. The number of hydrogen-bond donors (Lipinski definition) is 0. The van der Waals surface area contributed by atoms with Gasteiger partial charge in [0, 0.05) is 23.7 Å². The Morgan fingerprint density at radius 2 is 2.05 bits per heavy atom. The smallest absolute Gasteiger partial charge is 0.0419 e. The molecule has 0 saturated heterocycles. The summed E-state index contributed by atoms with van der Waals surface area (Å²) in [7, 11) is 0. The number of pyridine rings is 1. The third-order valence-electron chi connectivity index (χ3n) is 4.50. The van der Waals surface area contributed by atoms with Crippen LogP contribution < -0.4 is 0 Å². The molecule has 0 bridgehead atoms. The van der Waals surface area contributed by atoms with Crippen molar-refractivity contribution in [2.45, 2.75) is 63.7 Å². The average Bonchev–Trinajstić information content (AvgIpc) is 2.46. The zero-order valence-corrected chi connectivity index (χ0v) is 12.8. The minimum Gasteiger partial charge on any atom is -0.261 e. The van der Waals surface area contributed by atoms with Gasteiger partial charge in [0.2, 0.25) is 0 Å². The Morgan fingerprint density at radius 1 is 1.26 bits per heavy atom. The highest BCUT2D eigenvalue weighted by molar-refractivity contribution is 6.20. The highest BCUT2D eigenvalue weighted by Gasteiger charge is 2.26. The lowest BCUT2D eigenvalue weighted by atomic mass is 9.78. The Bertz CT molecular complexity index is 344. The van der Waals surface area contributed by atoms with Gasteiger partial charge >= 0.3 is 0 Å². The normalized spacial score (nSPS) is 25.2. The molecule has 1 aromatic rings. The molecule has 1 aliphatic rings. The van der Waals surface area contributed by atoms with Crippen molar-refractivity contribution in [3.63, 3.8) is 0 Å². The molecule has 1 fully saturated rings. The van der Waals surface area contributed by atoms with Gasteiger partial charge in [0.15, 0.2) is 0 Å². The molecule has 1 nitrogen and oxygen atoms in total. The predicted octanol–water partition coefficient (Wildman–Crippen LogP) is 5.23. The van der Waals surface area contributed by atoms with Crippen LogP contribution in [0.25, 0.3) is 0 Å². The van der Waals surface area contributed by atoms with Gasteiger partial charge in [-0.15, -0.1) is 11.6 Å². The summed E-state index contributed by atoms with van der Waals surface area (Å²) in [5.41, 5.74) is 1.13. The lowest BCUT2D eigenvalue weighted by Gasteiger charge is -2.31. The molecular weight excluding hydrogens is 254 g/mol. The maximum atomic E-state index is 6.61. The Hall–Kier alpha value is -0.560. The van der Waals surface area contributed by atoms with Crippen LogP contribution in [0.2, 0.25) is 0 Å². The van der Waals surface area contributed by atoms with E-state index in [1.54, 1.807) is 0 Å². The standard InChI is InChI=1S/C17H26ClN/c1-2-3-6-14-8-10-15(11-9-14)17(18)13-16-7-4-5-12-19-16/h4-5,7,12,14-15,17H,2-3,6,8-11,13H2,1H3. The fourth-order valence-electron chi connectivity index (χ4n) is 3.22. The fraction of sp³-hybridized carbons (Fsp3) is 0.706. The molecule has 1 atom stereocenters. The van der Waals surface area contributed by atoms with Crippen molar-refractivity contribution in [3.05, 3.63) is 30.1 Å². The van der Waals surface area contributed by atoms with Crippen LogP contribution in [0.1, 0.15) is 57.6 Å². The van der Waals surface area contributed by atoms with Crippen LogP contribution in [0.4, 0.5) is 0 Å². The number of nitrogens with zero attached hydrogens (tertiary/aromatic N) is 1. The van der Waals surface area contributed by atoms with Crippen molar-refractivity contribution < 1.29 is 0 Å². The summed E-state index contributed by atoms with van der Waals surface area (Å²) < 4.78 is 0. The molecule has 19 heavy (non-hydrogen) atoms. The van der Waals surface area contributed by atoms with Crippen molar-refractivity contribution in [3.8, 4) is 0 Å². The van der Waals surface area contributed by atoms with Crippen molar-refractivity contribution in [1.29, 1.82) is 0 Å². The largest absolute Gasteiger partial charge is 0.261 e. The first kappa shape index (κ1) is 14.8. The molecule has 106 valence electrons.